The van der Waals surface area contributed by atoms with Crippen LogP contribution in [-0.4, -0.2) is 6.18 Å². The van der Waals surface area contributed by atoms with Gasteiger partial charge in [-0.25, -0.2) is 0 Å². The number of hydrogen-bond donors (Lipinski definition) is 0. The molecule has 0 aliphatic carbocycles. The molecule has 0 bridgehead atoms. The standard InChI is InChI=1S/C4HBrF3N/c5-3(2-9)1-4(6,7)8/h1H/b3-1+. The highest BCUT2D eigenvalue weighted by atomic mass is 79.9. The first-order valence-electron chi connectivity index (χ1n) is 1.81. The van der Waals surface area contributed by atoms with Gasteiger partial charge in [0.25, 0.3) is 0 Å². The number of nitriles is 1. The Kier molecular flexibility index (Phi) is 2.71. The monoisotopic (exact) mass is 199 g/mol. The average Bonchev–Trinajstić information content (AvgIpc) is 1.62. The molecule has 0 aliphatic heterocycles. The van der Waals surface area contributed by atoms with Crippen molar-refractivity contribution in [1.82, 2.24) is 0 Å². The van der Waals surface area contributed by atoms with Gasteiger partial charge in [-0.1, -0.05) is 0 Å². The Hall–Kier alpha value is -0.500. The highest BCUT2D eigenvalue weighted by Crippen LogP contribution is 2.20. The van der Waals surface area contributed by atoms with Gasteiger partial charge in [0.15, 0.2) is 0 Å². The summed E-state index contributed by atoms with van der Waals surface area (Å²) in [6.45, 7) is 0. The van der Waals surface area contributed by atoms with Crippen molar-refractivity contribution in [3.8, 4) is 6.07 Å². The summed E-state index contributed by atoms with van der Waals surface area (Å²) in [5, 5.41) is 7.83. The van der Waals surface area contributed by atoms with E-state index in [0.29, 0.717) is 0 Å². The minimum absolute atomic E-state index is 0.118. The van der Waals surface area contributed by atoms with E-state index in [9.17, 15) is 13.2 Å². The van der Waals surface area contributed by atoms with Crippen LogP contribution in [0.4, 0.5) is 13.2 Å². The summed E-state index contributed by atoms with van der Waals surface area (Å²) >= 11 is 2.39. The first-order chi connectivity index (χ1) is 3.95. The second-order valence-electron chi connectivity index (χ2n) is 1.15. The Morgan fingerprint density at radius 2 is 2.00 bits per heavy atom. The van der Waals surface area contributed by atoms with Crippen LogP contribution in [0.3, 0.4) is 0 Å². The van der Waals surface area contributed by atoms with Crippen LogP contribution < -0.4 is 0 Å². The fraction of sp³-hybridized carbons (Fsp3) is 0.250. The van der Waals surface area contributed by atoms with E-state index in [1.807, 2.05) is 0 Å². The average molecular weight is 200 g/mol. The maximum absolute atomic E-state index is 11.2. The molecule has 0 rings (SSSR count). The lowest BCUT2D eigenvalue weighted by Crippen LogP contribution is -2.01. The van der Waals surface area contributed by atoms with Crippen LogP contribution in [0.1, 0.15) is 0 Å². The van der Waals surface area contributed by atoms with E-state index in [4.69, 9.17) is 5.26 Å². The summed E-state index contributed by atoms with van der Waals surface area (Å²) in [5.74, 6) is 0. The van der Waals surface area contributed by atoms with Gasteiger partial charge in [-0.15, -0.1) is 0 Å². The van der Waals surface area contributed by atoms with Crippen LogP contribution in [0.2, 0.25) is 0 Å². The normalized spacial score (nSPS) is 13.0. The van der Waals surface area contributed by atoms with E-state index in [0.717, 1.165) is 0 Å². The van der Waals surface area contributed by atoms with E-state index < -0.39 is 10.7 Å². The molecule has 0 unspecified atom stereocenters. The minimum Gasteiger partial charge on any atom is -0.192 e. The third-order valence-electron chi connectivity index (χ3n) is 0.397. The van der Waals surface area contributed by atoms with Crippen LogP contribution in [0, 0.1) is 11.3 Å². The van der Waals surface area contributed by atoms with Gasteiger partial charge >= 0.3 is 6.18 Å². The molecule has 0 atom stereocenters. The third kappa shape index (κ3) is 5.37. The van der Waals surface area contributed by atoms with Crippen molar-refractivity contribution in [1.29, 1.82) is 5.26 Å². The van der Waals surface area contributed by atoms with Crippen molar-refractivity contribution in [3.05, 3.63) is 10.6 Å². The molecule has 50 valence electrons. The van der Waals surface area contributed by atoms with E-state index in [2.05, 4.69) is 15.9 Å². The first-order valence-corrected chi connectivity index (χ1v) is 2.60. The smallest absolute Gasteiger partial charge is 0.192 e. The summed E-state index contributed by atoms with van der Waals surface area (Å²) in [6, 6.07) is 1.28. The van der Waals surface area contributed by atoms with Gasteiger partial charge in [0, 0.05) is 6.08 Å². The number of rotatable bonds is 0. The molecular weight excluding hydrogens is 199 g/mol. The topological polar surface area (TPSA) is 23.8 Å². The van der Waals surface area contributed by atoms with Crippen molar-refractivity contribution in [2.45, 2.75) is 6.18 Å². The lowest BCUT2D eigenvalue weighted by Gasteiger charge is -1.95. The van der Waals surface area contributed by atoms with Crippen LogP contribution in [-0.2, 0) is 0 Å². The SMILES string of the molecule is N#C/C(Br)=C\C(F)(F)F. The molecule has 0 aromatic carbocycles. The number of alkyl halides is 3. The predicted molar refractivity (Wildman–Crippen MR) is 28.7 cm³/mol. The van der Waals surface area contributed by atoms with E-state index >= 15 is 0 Å². The largest absolute Gasteiger partial charge is 0.411 e. The zero-order chi connectivity index (χ0) is 7.49. The molecule has 0 saturated heterocycles. The maximum Gasteiger partial charge on any atom is 0.411 e. The predicted octanol–water partition coefficient (Wildman–Crippen LogP) is 2.35. The Bertz CT molecular complexity index is 164. The molecule has 0 saturated carbocycles. The van der Waals surface area contributed by atoms with Crippen LogP contribution in [0.15, 0.2) is 10.6 Å². The van der Waals surface area contributed by atoms with E-state index in [-0.39, 0.29) is 6.08 Å². The zero-order valence-electron chi connectivity index (χ0n) is 4.04. The maximum atomic E-state index is 11.2. The molecule has 0 amide bonds. The first kappa shape index (κ1) is 8.50. The van der Waals surface area contributed by atoms with Gasteiger partial charge in [0.2, 0.25) is 0 Å². The molecule has 0 aromatic heterocycles. The lowest BCUT2D eigenvalue weighted by atomic mass is 10.5. The van der Waals surface area contributed by atoms with Crippen molar-refractivity contribution in [3.63, 3.8) is 0 Å². The highest BCUT2D eigenvalue weighted by molar-refractivity contribution is 9.12. The molecule has 0 radical (unpaired) electrons. The molecule has 5 heteroatoms. The van der Waals surface area contributed by atoms with E-state index in [1.54, 1.807) is 0 Å². The van der Waals surface area contributed by atoms with Gasteiger partial charge in [-0.2, -0.15) is 18.4 Å². The second-order valence-corrected chi connectivity index (χ2v) is 2.00. The Balaban J connectivity index is 4.17. The van der Waals surface area contributed by atoms with Gasteiger partial charge in [0.05, 0.1) is 4.48 Å². The summed E-state index contributed by atoms with van der Waals surface area (Å²) in [7, 11) is 0. The Morgan fingerprint density at radius 3 is 2.11 bits per heavy atom. The number of halogens is 4. The number of allylic oxidation sites excluding steroid dienone is 2. The molecule has 9 heavy (non-hydrogen) atoms. The minimum atomic E-state index is -4.41. The van der Waals surface area contributed by atoms with Crippen molar-refractivity contribution in [2.75, 3.05) is 0 Å². The summed E-state index contributed by atoms with van der Waals surface area (Å²) in [5.41, 5.74) is 0. The third-order valence-corrected chi connectivity index (χ3v) is 0.803. The van der Waals surface area contributed by atoms with Crippen molar-refractivity contribution < 1.29 is 13.2 Å². The molecule has 1 nitrogen and oxygen atoms in total. The second kappa shape index (κ2) is 2.87. The lowest BCUT2D eigenvalue weighted by molar-refractivity contribution is -0.0799. The van der Waals surface area contributed by atoms with Crippen molar-refractivity contribution >= 4 is 15.9 Å². The van der Waals surface area contributed by atoms with Gasteiger partial charge < -0.3 is 0 Å². The van der Waals surface area contributed by atoms with Crippen LogP contribution in [0.5, 0.6) is 0 Å². The molecule has 0 fully saturated rings. The van der Waals surface area contributed by atoms with Crippen LogP contribution >= 0.6 is 15.9 Å². The molecule has 0 N–H and O–H groups in total. The van der Waals surface area contributed by atoms with Crippen molar-refractivity contribution in [2.24, 2.45) is 0 Å². The molecule has 0 aliphatic rings. The fourth-order valence-corrected chi connectivity index (χ4v) is 0.436. The van der Waals surface area contributed by atoms with E-state index in [1.165, 1.54) is 6.07 Å². The molecule has 0 aromatic rings. The van der Waals surface area contributed by atoms with Gasteiger partial charge in [-0.05, 0) is 15.9 Å². The Morgan fingerprint density at radius 1 is 1.56 bits per heavy atom. The van der Waals surface area contributed by atoms with Crippen LogP contribution in [0.25, 0.3) is 0 Å². The number of hydrogen-bond acceptors (Lipinski definition) is 1. The summed E-state index contributed by atoms with van der Waals surface area (Å²) in [6.07, 6.45) is -4.53. The van der Waals surface area contributed by atoms with Gasteiger partial charge in [0.1, 0.15) is 6.07 Å². The highest BCUT2D eigenvalue weighted by Gasteiger charge is 2.23. The quantitative estimate of drug-likeness (QED) is 0.550. The van der Waals surface area contributed by atoms with Gasteiger partial charge in [-0.3, -0.25) is 0 Å². The number of nitrogens with zero attached hydrogens (tertiary/aromatic N) is 1. The zero-order valence-corrected chi connectivity index (χ0v) is 5.62. The molecule has 0 heterocycles. The summed E-state index contributed by atoms with van der Waals surface area (Å²) < 4.78 is 33.2. The molecular formula is C4HBrF3N. The Labute approximate surface area is 57.9 Å². The summed E-state index contributed by atoms with van der Waals surface area (Å²) in [4.78, 5) is 0. The molecule has 0 spiro atoms. The fourth-order valence-electron chi connectivity index (χ4n) is 0.176.